The molecule has 0 aliphatic heterocycles. The van der Waals surface area contributed by atoms with Gasteiger partial charge in [-0.3, -0.25) is 0 Å². The smallest absolute Gasteiger partial charge is 0.00747 e. The normalized spacial score (nSPS) is 31.8. The minimum atomic E-state index is 0.569. The zero-order chi connectivity index (χ0) is 13.0. The molecule has 0 radical (unpaired) electrons. The zero-order valence-corrected chi connectivity index (χ0v) is 12.8. The van der Waals surface area contributed by atoms with Gasteiger partial charge < -0.3 is 5.32 Å². The first-order valence-corrected chi connectivity index (χ1v) is 8.33. The summed E-state index contributed by atoms with van der Waals surface area (Å²) in [5, 5.41) is 3.97. The van der Waals surface area contributed by atoms with Crippen LogP contribution < -0.4 is 5.32 Å². The van der Waals surface area contributed by atoms with E-state index in [-0.39, 0.29) is 0 Å². The molecular weight excluding hydrogens is 218 g/mol. The highest BCUT2D eigenvalue weighted by Crippen LogP contribution is 2.36. The Kier molecular flexibility index (Phi) is 5.12. The molecule has 2 saturated carbocycles. The third-order valence-corrected chi connectivity index (χ3v) is 5.31. The van der Waals surface area contributed by atoms with Crippen LogP contribution in [0.2, 0.25) is 0 Å². The molecule has 2 atom stereocenters. The molecule has 2 aliphatic carbocycles. The largest absolute Gasteiger partial charge is 0.311 e. The van der Waals surface area contributed by atoms with Crippen LogP contribution in [-0.2, 0) is 0 Å². The van der Waals surface area contributed by atoms with E-state index in [0.29, 0.717) is 5.41 Å². The quantitative estimate of drug-likeness (QED) is 0.703. The van der Waals surface area contributed by atoms with Gasteiger partial charge in [0.2, 0.25) is 0 Å². The average Bonchev–Trinajstić information content (AvgIpc) is 2.55. The molecule has 2 rings (SSSR count). The van der Waals surface area contributed by atoms with Crippen LogP contribution in [0.4, 0.5) is 0 Å². The van der Waals surface area contributed by atoms with Gasteiger partial charge in [0, 0.05) is 12.1 Å². The van der Waals surface area contributed by atoms with Crippen LogP contribution in [0, 0.1) is 11.3 Å². The molecule has 0 bridgehead atoms. The lowest BCUT2D eigenvalue weighted by molar-refractivity contribution is 0.177. The molecule has 106 valence electrons. The molecule has 0 heterocycles. The second-order valence-corrected chi connectivity index (χ2v) is 7.66. The highest BCUT2D eigenvalue weighted by atomic mass is 15.0. The van der Waals surface area contributed by atoms with Gasteiger partial charge >= 0.3 is 0 Å². The fraction of sp³-hybridized carbons (Fsp3) is 1.00. The minimum absolute atomic E-state index is 0.569. The Hall–Kier alpha value is -0.0400. The van der Waals surface area contributed by atoms with Gasteiger partial charge in [0.1, 0.15) is 0 Å². The SMILES string of the molecule is C[C@@H](NC1CCCC(C)(C)C1)C1CCCCCC1. The summed E-state index contributed by atoms with van der Waals surface area (Å²) in [6, 6.07) is 1.52. The lowest BCUT2D eigenvalue weighted by Gasteiger charge is -2.38. The van der Waals surface area contributed by atoms with Crippen molar-refractivity contribution in [3.05, 3.63) is 0 Å². The van der Waals surface area contributed by atoms with Crippen molar-refractivity contribution in [2.75, 3.05) is 0 Å². The standard InChI is InChI=1S/C17H33N/c1-14(15-9-6-4-5-7-10-15)18-16-11-8-12-17(2,3)13-16/h14-16,18H,4-13H2,1-3H3/t14-,16?/m1/s1. The molecule has 1 N–H and O–H groups in total. The molecule has 2 aliphatic rings. The van der Waals surface area contributed by atoms with Crippen molar-refractivity contribution in [3.8, 4) is 0 Å². The molecule has 1 unspecified atom stereocenters. The van der Waals surface area contributed by atoms with Crippen LogP contribution >= 0.6 is 0 Å². The Morgan fingerprint density at radius 3 is 2.22 bits per heavy atom. The van der Waals surface area contributed by atoms with Gasteiger partial charge in [-0.05, 0) is 50.4 Å². The van der Waals surface area contributed by atoms with Crippen LogP contribution in [0.15, 0.2) is 0 Å². The maximum atomic E-state index is 3.97. The van der Waals surface area contributed by atoms with Gasteiger partial charge in [-0.1, -0.05) is 46.0 Å². The molecule has 0 aromatic carbocycles. The van der Waals surface area contributed by atoms with Gasteiger partial charge in [-0.25, -0.2) is 0 Å². The number of hydrogen-bond donors (Lipinski definition) is 1. The molecule has 0 aromatic heterocycles. The number of rotatable bonds is 3. The van der Waals surface area contributed by atoms with Crippen molar-refractivity contribution in [2.45, 2.75) is 97.1 Å². The maximum absolute atomic E-state index is 3.97. The van der Waals surface area contributed by atoms with Gasteiger partial charge in [-0.2, -0.15) is 0 Å². The Morgan fingerprint density at radius 2 is 1.61 bits per heavy atom. The van der Waals surface area contributed by atoms with Crippen molar-refractivity contribution >= 4 is 0 Å². The van der Waals surface area contributed by atoms with E-state index in [0.717, 1.165) is 18.0 Å². The van der Waals surface area contributed by atoms with Crippen LogP contribution in [0.25, 0.3) is 0 Å². The van der Waals surface area contributed by atoms with Crippen molar-refractivity contribution in [1.29, 1.82) is 0 Å². The molecular formula is C17H33N. The fourth-order valence-electron chi connectivity index (χ4n) is 4.16. The summed E-state index contributed by atoms with van der Waals surface area (Å²) in [6.07, 6.45) is 14.4. The monoisotopic (exact) mass is 251 g/mol. The lowest BCUT2D eigenvalue weighted by atomic mass is 9.75. The van der Waals surface area contributed by atoms with E-state index in [4.69, 9.17) is 0 Å². The molecule has 18 heavy (non-hydrogen) atoms. The highest BCUT2D eigenvalue weighted by molar-refractivity contribution is 4.86. The summed E-state index contributed by atoms with van der Waals surface area (Å²) in [7, 11) is 0. The first-order chi connectivity index (χ1) is 8.57. The predicted molar refractivity (Wildman–Crippen MR) is 79.8 cm³/mol. The van der Waals surface area contributed by atoms with E-state index >= 15 is 0 Å². The summed E-state index contributed by atoms with van der Waals surface area (Å²) in [4.78, 5) is 0. The van der Waals surface area contributed by atoms with Crippen molar-refractivity contribution < 1.29 is 0 Å². The Morgan fingerprint density at radius 1 is 0.944 bits per heavy atom. The van der Waals surface area contributed by atoms with E-state index in [1.807, 2.05) is 0 Å². The van der Waals surface area contributed by atoms with Crippen LogP contribution in [-0.4, -0.2) is 12.1 Å². The van der Waals surface area contributed by atoms with E-state index in [2.05, 4.69) is 26.1 Å². The molecule has 0 spiro atoms. The molecule has 0 aromatic rings. The van der Waals surface area contributed by atoms with Crippen molar-refractivity contribution in [1.82, 2.24) is 5.32 Å². The lowest BCUT2D eigenvalue weighted by Crippen LogP contribution is -2.44. The average molecular weight is 251 g/mol. The van der Waals surface area contributed by atoms with E-state index in [1.165, 1.54) is 64.2 Å². The first kappa shape index (κ1) is 14.4. The molecule has 2 fully saturated rings. The van der Waals surface area contributed by atoms with Crippen molar-refractivity contribution in [2.24, 2.45) is 11.3 Å². The number of nitrogens with one attached hydrogen (secondary N) is 1. The third kappa shape index (κ3) is 4.26. The third-order valence-electron chi connectivity index (χ3n) is 5.31. The summed E-state index contributed by atoms with van der Waals surface area (Å²) in [6.45, 7) is 7.33. The summed E-state index contributed by atoms with van der Waals surface area (Å²) >= 11 is 0. The van der Waals surface area contributed by atoms with Crippen molar-refractivity contribution in [3.63, 3.8) is 0 Å². The zero-order valence-electron chi connectivity index (χ0n) is 12.8. The number of hydrogen-bond acceptors (Lipinski definition) is 1. The second-order valence-electron chi connectivity index (χ2n) is 7.66. The second kappa shape index (κ2) is 6.41. The molecule has 1 nitrogen and oxygen atoms in total. The summed E-state index contributed by atoms with van der Waals surface area (Å²) in [5.74, 6) is 0.942. The topological polar surface area (TPSA) is 12.0 Å². The predicted octanol–water partition coefficient (Wildman–Crippen LogP) is 4.90. The minimum Gasteiger partial charge on any atom is -0.311 e. The van der Waals surface area contributed by atoms with E-state index in [9.17, 15) is 0 Å². The molecule has 0 amide bonds. The van der Waals surface area contributed by atoms with Crippen LogP contribution in [0.1, 0.15) is 85.0 Å². The summed E-state index contributed by atoms with van der Waals surface area (Å²) < 4.78 is 0. The van der Waals surface area contributed by atoms with Crippen LogP contribution in [0.5, 0.6) is 0 Å². The fourth-order valence-corrected chi connectivity index (χ4v) is 4.16. The van der Waals surface area contributed by atoms with E-state index in [1.54, 1.807) is 0 Å². The maximum Gasteiger partial charge on any atom is 0.00747 e. The Balaban J connectivity index is 1.80. The van der Waals surface area contributed by atoms with E-state index < -0.39 is 0 Å². The van der Waals surface area contributed by atoms with Gasteiger partial charge in [-0.15, -0.1) is 0 Å². The van der Waals surface area contributed by atoms with Gasteiger partial charge in [0.15, 0.2) is 0 Å². The van der Waals surface area contributed by atoms with Gasteiger partial charge in [0.25, 0.3) is 0 Å². The summed E-state index contributed by atoms with van der Waals surface area (Å²) in [5.41, 5.74) is 0.569. The van der Waals surface area contributed by atoms with Crippen LogP contribution in [0.3, 0.4) is 0 Å². The highest BCUT2D eigenvalue weighted by Gasteiger charge is 2.29. The Bertz CT molecular complexity index is 238. The first-order valence-electron chi connectivity index (χ1n) is 8.33. The molecule has 0 saturated heterocycles. The van der Waals surface area contributed by atoms with Gasteiger partial charge in [0.05, 0.1) is 0 Å². The Labute approximate surface area is 114 Å². The molecule has 1 heteroatoms.